The number of pyridine rings is 1. The Bertz CT molecular complexity index is 863. The molecule has 1 saturated heterocycles. The first-order valence-corrected chi connectivity index (χ1v) is 8.22. The third kappa shape index (κ3) is 2.88. The van der Waals surface area contributed by atoms with Gasteiger partial charge in [-0.1, -0.05) is 54.6 Å². The van der Waals surface area contributed by atoms with E-state index in [0.29, 0.717) is 12.4 Å². The Morgan fingerprint density at radius 2 is 1.75 bits per heavy atom. The van der Waals surface area contributed by atoms with Crippen LogP contribution in [0.25, 0.3) is 10.8 Å². The quantitative estimate of drug-likeness (QED) is 0.780. The highest BCUT2D eigenvalue weighted by Gasteiger charge is 2.34. The number of fused-ring (bicyclic) bond motifs is 1. The zero-order valence-corrected chi connectivity index (χ0v) is 13.3. The first kappa shape index (κ1) is 14.8. The van der Waals surface area contributed by atoms with Crippen molar-refractivity contribution in [2.75, 3.05) is 18.4 Å². The van der Waals surface area contributed by atoms with Gasteiger partial charge in [0.1, 0.15) is 5.82 Å². The number of hydrogen-bond acceptors (Lipinski definition) is 3. The highest BCUT2D eigenvalue weighted by atomic mass is 16.2. The van der Waals surface area contributed by atoms with Gasteiger partial charge in [0, 0.05) is 30.6 Å². The Morgan fingerprint density at radius 3 is 2.58 bits per heavy atom. The molecular weight excluding hydrogens is 298 g/mol. The summed E-state index contributed by atoms with van der Waals surface area (Å²) < 4.78 is 0. The molecule has 1 aromatic heterocycles. The average Bonchev–Trinajstić information content (AvgIpc) is 3.12. The number of hydrogen-bond donors (Lipinski definition) is 2. The van der Waals surface area contributed by atoms with E-state index in [1.165, 1.54) is 5.56 Å². The molecular formula is C20H19N3O. The normalized spacial score (nSPS) is 20.2. The van der Waals surface area contributed by atoms with Gasteiger partial charge in [-0.3, -0.25) is 4.79 Å². The molecule has 0 saturated carbocycles. The third-order valence-electron chi connectivity index (χ3n) is 4.66. The van der Waals surface area contributed by atoms with Gasteiger partial charge in [0.25, 0.3) is 0 Å². The molecule has 2 aromatic carbocycles. The predicted molar refractivity (Wildman–Crippen MR) is 95.9 cm³/mol. The summed E-state index contributed by atoms with van der Waals surface area (Å²) >= 11 is 0. The molecule has 2 N–H and O–H groups in total. The van der Waals surface area contributed by atoms with E-state index in [4.69, 9.17) is 0 Å². The molecule has 4 nitrogen and oxygen atoms in total. The van der Waals surface area contributed by atoms with Crippen molar-refractivity contribution in [3.8, 4) is 0 Å². The minimum atomic E-state index is -0.0827. The van der Waals surface area contributed by atoms with Gasteiger partial charge in [-0.25, -0.2) is 4.98 Å². The molecule has 3 aromatic rings. The molecule has 0 bridgehead atoms. The zero-order chi connectivity index (χ0) is 16.4. The van der Waals surface area contributed by atoms with E-state index in [-0.39, 0.29) is 17.7 Å². The molecule has 1 unspecified atom stereocenters. The maximum atomic E-state index is 12.7. The lowest BCUT2D eigenvalue weighted by Crippen LogP contribution is -2.28. The molecule has 1 fully saturated rings. The van der Waals surface area contributed by atoms with Crippen LogP contribution >= 0.6 is 0 Å². The van der Waals surface area contributed by atoms with Crippen LogP contribution in [-0.2, 0) is 4.79 Å². The van der Waals surface area contributed by atoms with E-state index in [0.717, 1.165) is 17.3 Å². The van der Waals surface area contributed by atoms with E-state index in [9.17, 15) is 4.79 Å². The van der Waals surface area contributed by atoms with Crippen molar-refractivity contribution in [2.45, 2.75) is 5.92 Å². The Balaban J connectivity index is 1.54. The number of rotatable bonds is 3. The number of anilines is 1. The second kappa shape index (κ2) is 6.42. The van der Waals surface area contributed by atoms with Gasteiger partial charge in [0.15, 0.2) is 0 Å². The van der Waals surface area contributed by atoms with E-state index in [1.807, 2.05) is 48.5 Å². The topological polar surface area (TPSA) is 54.0 Å². The second-order valence-corrected chi connectivity index (χ2v) is 6.19. The van der Waals surface area contributed by atoms with Crippen molar-refractivity contribution < 1.29 is 4.79 Å². The molecule has 2 atom stereocenters. The second-order valence-electron chi connectivity index (χ2n) is 6.19. The third-order valence-corrected chi connectivity index (χ3v) is 4.66. The van der Waals surface area contributed by atoms with Crippen LogP contribution in [0.5, 0.6) is 0 Å². The summed E-state index contributed by atoms with van der Waals surface area (Å²) in [4.78, 5) is 17.1. The molecule has 1 amide bonds. The fraction of sp³-hybridized carbons (Fsp3) is 0.200. The summed E-state index contributed by atoms with van der Waals surface area (Å²) in [7, 11) is 0. The van der Waals surface area contributed by atoms with Gasteiger partial charge in [0.05, 0.1) is 5.92 Å². The van der Waals surface area contributed by atoms with Crippen LogP contribution in [0.4, 0.5) is 5.82 Å². The number of carbonyl (C=O) groups excluding carboxylic acids is 1. The summed E-state index contributed by atoms with van der Waals surface area (Å²) in [6, 6.07) is 20.2. The Hall–Kier alpha value is -2.72. The minimum absolute atomic E-state index is 0.0247. The van der Waals surface area contributed by atoms with E-state index >= 15 is 0 Å². The van der Waals surface area contributed by atoms with Crippen LogP contribution in [0.2, 0.25) is 0 Å². The Labute approximate surface area is 140 Å². The lowest BCUT2D eigenvalue weighted by molar-refractivity contribution is -0.119. The highest BCUT2D eigenvalue weighted by Crippen LogP contribution is 2.29. The molecule has 1 aliphatic rings. The van der Waals surface area contributed by atoms with Gasteiger partial charge in [-0.05, 0) is 17.0 Å². The fourth-order valence-electron chi connectivity index (χ4n) is 3.38. The molecule has 2 heterocycles. The fourth-order valence-corrected chi connectivity index (χ4v) is 3.38. The summed E-state index contributed by atoms with van der Waals surface area (Å²) in [6.07, 6.45) is 1.80. The van der Waals surface area contributed by atoms with Crippen LogP contribution < -0.4 is 10.6 Å². The van der Waals surface area contributed by atoms with E-state index in [2.05, 4.69) is 27.8 Å². The number of nitrogens with zero attached hydrogens (tertiary/aromatic N) is 1. The summed E-state index contributed by atoms with van der Waals surface area (Å²) in [5, 5.41) is 8.47. The first-order valence-electron chi connectivity index (χ1n) is 8.22. The zero-order valence-electron chi connectivity index (χ0n) is 13.3. The van der Waals surface area contributed by atoms with Crippen molar-refractivity contribution in [1.82, 2.24) is 10.3 Å². The number of benzene rings is 2. The van der Waals surface area contributed by atoms with Crippen molar-refractivity contribution in [3.63, 3.8) is 0 Å². The molecule has 1 aliphatic heterocycles. The van der Waals surface area contributed by atoms with Crippen LogP contribution in [0.15, 0.2) is 66.9 Å². The predicted octanol–water partition coefficient (Wildman–Crippen LogP) is 3.18. The van der Waals surface area contributed by atoms with Crippen molar-refractivity contribution in [3.05, 3.63) is 72.4 Å². The molecule has 0 radical (unpaired) electrons. The number of carbonyl (C=O) groups is 1. The van der Waals surface area contributed by atoms with Crippen LogP contribution in [0, 0.1) is 5.92 Å². The number of nitrogens with one attached hydrogen (secondary N) is 2. The smallest absolute Gasteiger partial charge is 0.230 e. The highest BCUT2D eigenvalue weighted by molar-refractivity contribution is 5.95. The minimum Gasteiger partial charge on any atom is -0.315 e. The van der Waals surface area contributed by atoms with Gasteiger partial charge in [-0.2, -0.15) is 0 Å². The Kier molecular flexibility index (Phi) is 3.97. The monoisotopic (exact) mass is 317 g/mol. The maximum Gasteiger partial charge on any atom is 0.230 e. The molecule has 0 aliphatic carbocycles. The van der Waals surface area contributed by atoms with Gasteiger partial charge in [0.2, 0.25) is 5.91 Å². The lowest BCUT2D eigenvalue weighted by Gasteiger charge is -2.18. The lowest BCUT2D eigenvalue weighted by atomic mass is 9.88. The summed E-state index contributed by atoms with van der Waals surface area (Å²) in [6.45, 7) is 1.52. The molecule has 120 valence electrons. The Morgan fingerprint density at radius 1 is 1.00 bits per heavy atom. The number of aromatic nitrogens is 1. The van der Waals surface area contributed by atoms with Gasteiger partial charge in [-0.15, -0.1) is 0 Å². The number of amides is 1. The van der Waals surface area contributed by atoms with Crippen LogP contribution in [0.3, 0.4) is 0 Å². The first-order chi connectivity index (χ1) is 11.8. The SMILES string of the molecule is O=C(Nc1cc2ccccc2cn1)[C@H]1CNCC1c1ccccc1. The summed E-state index contributed by atoms with van der Waals surface area (Å²) in [5.74, 6) is 0.751. The van der Waals surface area contributed by atoms with Crippen molar-refractivity contribution in [1.29, 1.82) is 0 Å². The maximum absolute atomic E-state index is 12.7. The molecule has 24 heavy (non-hydrogen) atoms. The van der Waals surface area contributed by atoms with E-state index < -0.39 is 0 Å². The van der Waals surface area contributed by atoms with Crippen LogP contribution in [0.1, 0.15) is 11.5 Å². The van der Waals surface area contributed by atoms with Gasteiger partial charge >= 0.3 is 0 Å². The standard InChI is InChI=1S/C20H19N3O/c24-20(18-13-21-12-17(18)14-6-2-1-3-7-14)23-19-10-15-8-4-5-9-16(15)11-22-19/h1-11,17-18,21H,12-13H2,(H,22,23,24)/t17?,18-/m0/s1. The summed E-state index contributed by atoms with van der Waals surface area (Å²) in [5.41, 5.74) is 1.20. The molecule has 0 spiro atoms. The van der Waals surface area contributed by atoms with Gasteiger partial charge < -0.3 is 10.6 Å². The van der Waals surface area contributed by atoms with Crippen LogP contribution in [-0.4, -0.2) is 24.0 Å². The van der Waals surface area contributed by atoms with Crippen molar-refractivity contribution in [2.24, 2.45) is 5.92 Å². The van der Waals surface area contributed by atoms with Crippen molar-refractivity contribution >= 4 is 22.5 Å². The largest absolute Gasteiger partial charge is 0.315 e. The molecule has 4 rings (SSSR count). The van der Waals surface area contributed by atoms with E-state index in [1.54, 1.807) is 6.20 Å². The average molecular weight is 317 g/mol. The molecule has 4 heteroatoms.